The predicted molar refractivity (Wildman–Crippen MR) is 71.0 cm³/mol. The van der Waals surface area contributed by atoms with Crippen LogP contribution in [0.3, 0.4) is 0 Å². The SMILES string of the molecule is CCC(C)(CC)C(C(C)C)C(C)C(C)C. The molecule has 0 radical (unpaired) electrons. The van der Waals surface area contributed by atoms with Crippen LogP contribution in [0.5, 0.6) is 0 Å². The lowest BCUT2D eigenvalue weighted by Crippen LogP contribution is -2.37. The molecule has 0 heteroatoms. The molecule has 0 aliphatic rings. The van der Waals surface area contributed by atoms with Gasteiger partial charge in [0.05, 0.1) is 0 Å². The largest absolute Gasteiger partial charge is 0.0649 e. The molecule has 0 aliphatic carbocycles. The summed E-state index contributed by atoms with van der Waals surface area (Å²) in [7, 11) is 0. The van der Waals surface area contributed by atoms with E-state index in [-0.39, 0.29) is 0 Å². The van der Waals surface area contributed by atoms with Gasteiger partial charge in [-0.05, 0) is 29.1 Å². The first-order chi connectivity index (χ1) is 6.80. The first kappa shape index (κ1) is 15.0. The van der Waals surface area contributed by atoms with Crippen molar-refractivity contribution in [1.29, 1.82) is 0 Å². The van der Waals surface area contributed by atoms with Crippen molar-refractivity contribution in [3.8, 4) is 0 Å². The van der Waals surface area contributed by atoms with Crippen LogP contribution < -0.4 is 0 Å². The maximum atomic E-state index is 2.48. The van der Waals surface area contributed by atoms with Crippen molar-refractivity contribution in [2.24, 2.45) is 29.1 Å². The van der Waals surface area contributed by atoms with Gasteiger partial charge in [-0.2, -0.15) is 0 Å². The molecule has 0 bridgehead atoms. The van der Waals surface area contributed by atoms with E-state index < -0.39 is 0 Å². The van der Waals surface area contributed by atoms with Crippen LogP contribution in [0.4, 0.5) is 0 Å². The minimum Gasteiger partial charge on any atom is -0.0649 e. The summed E-state index contributed by atoms with van der Waals surface area (Å²) in [5, 5.41) is 0. The van der Waals surface area contributed by atoms with Crippen molar-refractivity contribution in [1.82, 2.24) is 0 Å². The average Bonchev–Trinajstić information content (AvgIpc) is 2.16. The third kappa shape index (κ3) is 3.50. The van der Waals surface area contributed by atoms with Gasteiger partial charge in [0.25, 0.3) is 0 Å². The molecule has 0 aromatic rings. The third-order valence-electron chi connectivity index (χ3n) is 4.76. The Morgan fingerprint density at radius 1 is 0.800 bits per heavy atom. The van der Waals surface area contributed by atoms with Crippen LogP contribution in [0, 0.1) is 29.1 Å². The van der Waals surface area contributed by atoms with Crippen LogP contribution in [0.2, 0.25) is 0 Å². The second kappa shape index (κ2) is 5.92. The summed E-state index contributed by atoms with van der Waals surface area (Å²) in [4.78, 5) is 0. The molecule has 2 atom stereocenters. The topological polar surface area (TPSA) is 0 Å². The molecular weight excluding hydrogens is 180 g/mol. The van der Waals surface area contributed by atoms with Gasteiger partial charge in [-0.1, -0.05) is 68.2 Å². The van der Waals surface area contributed by atoms with E-state index >= 15 is 0 Å². The Kier molecular flexibility index (Phi) is 5.92. The van der Waals surface area contributed by atoms with Gasteiger partial charge in [0, 0.05) is 0 Å². The molecule has 0 aliphatic heterocycles. The normalized spacial score (nSPS) is 17.2. The zero-order chi connectivity index (χ0) is 12.2. The van der Waals surface area contributed by atoms with E-state index in [0.29, 0.717) is 5.41 Å². The minimum atomic E-state index is 0.526. The minimum absolute atomic E-state index is 0.526. The second-order valence-electron chi connectivity index (χ2n) is 6.23. The molecular formula is C15H32. The van der Waals surface area contributed by atoms with Gasteiger partial charge in [0.2, 0.25) is 0 Å². The zero-order valence-corrected chi connectivity index (χ0v) is 12.2. The number of hydrogen-bond donors (Lipinski definition) is 0. The summed E-state index contributed by atoms with van der Waals surface area (Å²) in [6.07, 6.45) is 2.62. The van der Waals surface area contributed by atoms with Crippen molar-refractivity contribution < 1.29 is 0 Å². The molecule has 0 saturated heterocycles. The summed E-state index contributed by atoms with van der Waals surface area (Å²) >= 11 is 0. The van der Waals surface area contributed by atoms with Gasteiger partial charge in [-0.15, -0.1) is 0 Å². The number of rotatable bonds is 6. The van der Waals surface area contributed by atoms with Gasteiger partial charge in [0.15, 0.2) is 0 Å². The summed E-state index contributed by atoms with van der Waals surface area (Å²) in [6.45, 7) is 19.2. The van der Waals surface area contributed by atoms with Crippen LogP contribution in [-0.4, -0.2) is 0 Å². The highest BCUT2D eigenvalue weighted by Gasteiger charge is 2.37. The molecule has 0 N–H and O–H groups in total. The lowest BCUT2D eigenvalue weighted by Gasteiger charge is -2.44. The van der Waals surface area contributed by atoms with E-state index in [4.69, 9.17) is 0 Å². The van der Waals surface area contributed by atoms with Gasteiger partial charge in [-0.3, -0.25) is 0 Å². The Hall–Kier alpha value is 0. The third-order valence-corrected chi connectivity index (χ3v) is 4.76. The summed E-state index contributed by atoms with van der Waals surface area (Å²) in [6, 6.07) is 0. The molecule has 0 fully saturated rings. The van der Waals surface area contributed by atoms with Gasteiger partial charge < -0.3 is 0 Å². The Labute approximate surface area is 97.8 Å². The monoisotopic (exact) mass is 212 g/mol. The van der Waals surface area contributed by atoms with E-state index in [1.165, 1.54) is 12.8 Å². The molecule has 2 unspecified atom stereocenters. The highest BCUT2D eigenvalue weighted by Crippen LogP contribution is 2.45. The molecule has 0 heterocycles. The number of hydrogen-bond acceptors (Lipinski definition) is 0. The first-order valence-corrected chi connectivity index (χ1v) is 6.80. The first-order valence-electron chi connectivity index (χ1n) is 6.80. The van der Waals surface area contributed by atoms with Crippen molar-refractivity contribution in [3.63, 3.8) is 0 Å². The summed E-state index contributed by atoms with van der Waals surface area (Å²) in [5.41, 5.74) is 0.526. The van der Waals surface area contributed by atoms with Crippen LogP contribution in [-0.2, 0) is 0 Å². The Balaban J connectivity index is 4.94. The summed E-state index contributed by atoms with van der Waals surface area (Å²) in [5.74, 6) is 3.28. The smallest absolute Gasteiger partial charge is 0.0298 e. The van der Waals surface area contributed by atoms with Crippen molar-refractivity contribution in [3.05, 3.63) is 0 Å². The predicted octanol–water partition coefficient (Wildman–Crippen LogP) is 5.38. The fraction of sp³-hybridized carbons (Fsp3) is 1.00. The molecule has 0 aromatic carbocycles. The molecule has 0 rings (SSSR count). The summed E-state index contributed by atoms with van der Waals surface area (Å²) < 4.78 is 0. The molecule has 15 heavy (non-hydrogen) atoms. The van der Waals surface area contributed by atoms with Crippen molar-refractivity contribution in [2.75, 3.05) is 0 Å². The van der Waals surface area contributed by atoms with Gasteiger partial charge in [-0.25, -0.2) is 0 Å². The second-order valence-corrected chi connectivity index (χ2v) is 6.23. The molecule has 0 nitrogen and oxygen atoms in total. The van der Waals surface area contributed by atoms with Crippen molar-refractivity contribution >= 4 is 0 Å². The van der Waals surface area contributed by atoms with Crippen LogP contribution >= 0.6 is 0 Å². The molecule has 0 saturated carbocycles. The van der Waals surface area contributed by atoms with E-state index in [2.05, 4.69) is 55.4 Å². The Morgan fingerprint density at radius 3 is 1.40 bits per heavy atom. The lowest BCUT2D eigenvalue weighted by molar-refractivity contribution is 0.0503. The van der Waals surface area contributed by atoms with E-state index in [1.807, 2.05) is 0 Å². The van der Waals surface area contributed by atoms with Crippen LogP contribution in [0.1, 0.15) is 68.2 Å². The maximum absolute atomic E-state index is 2.48. The van der Waals surface area contributed by atoms with E-state index in [1.54, 1.807) is 0 Å². The molecule has 0 spiro atoms. The fourth-order valence-corrected chi connectivity index (χ4v) is 3.18. The van der Waals surface area contributed by atoms with Crippen LogP contribution in [0.15, 0.2) is 0 Å². The molecule has 0 aromatic heterocycles. The Morgan fingerprint density at radius 2 is 1.20 bits per heavy atom. The van der Waals surface area contributed by atoms with Crippen molar-refractivity contribution in [2.45, 2.75) is 68.2 Å². The molecule has 92 valence electrons. The van der Waals surface area contributed by atoms with E-state index in [0.717, 1.165) is 23.7 Å². The fourth-order valence-electron chi connectivity index (χ4n) is 3.18. The molecule has 0 amide bonds. The average molecular weight is 212 g/mol. The highest BCUT2D eigenvalue weighted by atomic mass is 14.4. The quantitative estimate of drug-likeness (QED) is 0.554. The lowest BCUT2D eigenvalue weighted by atomic mass is 9.61. The maximum Gasteiger partial charge on any atom is -0.0298 e. The van der Waals surface area contributed by atoms with Gasteiger partial charge >= 0.3 is 0 Å². The zero-order valence-electron chi connectivity index (χ0n) is 12.2. The van der Waals surface area contributed by atoms with E-state index in [9.17, 15) is 0 Å². The van der Waals surface area contributed by atoms with Crippen LogP contribution in [0.25, 0.3) is 0 Å². The highest BCUT2D eigenvalue weighted by molar-refractivity contribution is 4.86. The standard InChI is InChI=1S/C15H32/c1-9-15(8,10-2)14(12(5)6)13(7)11(3)4/h11-14H,9-10H2,1-8H3. The van der Waals surface area contributed by atoms with Gasteiger partial charge in [0.1, 0.15) is 0 Å². The Bertz CT molecular complexity index is 163.